The van der Waals surface area contributed by atoms with E-state index in [4.69, 9.17) is 18.0 Å². The number of ether oxygens (including phenoxy) is 1. The maximum atomic E-state index is 11.7. The van der Waals surface area contributed by atoms with Crippen LogP contribution in [0.1, 0.15) is 16.8 Å². The van der Waals surface area contributed by atoms with Gasteiger partial charge < -0.3 is 18.0 Å². The van der Waals surface area contributed by atoms with Gasteiger partial charge in [0.2, 0.25) is 0 Å². The summed E-state index contributed by atoms with van der Waals surface area (Å²) in [6.45, 7) is 0.318. The fourth-order valence-corrected chi connectivity index (χ4v) is 3.36. The number of rotatable bonds is 8. The van der Waals surface area contributed by atoms with Gasteiger partial charge in [0.05, 0.1) is 12.2 Å². The molecule has 0 amide bonds. The normalized spacial score (nSPS) is 11.3. The molecule has 19 heavy (non-hydrogen) atoms. The monoisotopic (exact) mass is 284 g/mol. The van der Waals surface area contributed by atoms with Gasteiger partial charge in [0, 0.05) is 27.4 Å². The second-order valence-electron chi connectivity index (χ2n) is 3.90. The summed E-state index contributed by atoms with van der Waals surface area (Å²) in [5.74, 6) is -0.319. The molecule has 106 valence electrons. The van der Waals surface area contributed by atoms with Crippen molar-refractivity contribution in [3.8, 4) is 0 Å². The Balaban J connectivity index is 2.33. The topological polar surface area (TPSA) is 54.0 Å². The molecule has 0 atom stereocenters. The van der Waals surface area contributed by atoms with Gasteiger partial charge in [0.15, 0.2) is 0 Å². The lowest BCUT2D eigenvalue weighted by molar-refractivity contribution is 0.0493. The number of benzene rings is 1. The fourth-order valence-electron chi connectivity index (χ4n) is 1.67. The molecule has 1 aromatic rings. The first-order valence-electron chi connectivity index (χ1n) is 6.05. The minimum absolute atomic E-state index is 0.318. The quantitative estimate of drug-likeness (QED) is 0.416. The van der Waals surface area contributed by atoms with Crippen molar-refractivity contribution in [3.05, 3.63) is 35.9 Å². The largest absolute Gasteiger partial charge is 0.500 e. The van der Waals surface area contributed by atoms with Gasteiger partial charge in [-0.25, -0.2) is 4.79 Å². The van der Waals surface area contributed by atoms with Crippen LogP contribution >= 0.6 is 0 Å². The molecule has 0 N–H and O–H groups in total. The first kappa shape index (κ1) is 15.8. The Bertz CT molecular complexity index is 370. The van der Waals surface area contributed by atoms with E-state index in [0.29, 0.717) is 24.6 Å². The van der Waals surface area contributed by atoms with Gasteiger partial charge >= 0.3 is 14.8 Å². The highest BCUT2D eigenvalue weighted by Crippen LogP contribution is 2.15. The summed E-state index contributed by atoms with van der Waals surface area (Å²) in [6, 6.07) is 9.51. The standard InChI is InChI=1S/C13H20O5Si/c1-15-19(16-2,17-3)11-7-10-18-13(14)12-8-5-4-6-9-12/h4-6,8-9H,7,10-11H2,1-3H3. The van der Waals surface area contributed by atoms with E-state index in [1.54, 1.807) is 45.6 Å². The summed E-state index contributed by atoms with van der Waals surface area (Å²) in [6.07, 6.45) is 0.639. The summed E-state index contributed by atoms with van der Waals surface area (Å²) in [4.78, 5) is 11.7. The Hall–Kier alpha value is -1.21. The van der Waals surface area contributed by atoms with Gasteiger partial charge in [-0.1, -0.05) is 18.2 Å². The van der Waals surface area contributed by atoms with Crippen molar-refractivity contribution in [1.29, 1.82) is 0 Å². The van der Waals surface area contributed by atoms with Gasteiger partial charge in [-0.05, 0) is 18.6 Å². The van der Waals surface area contributed by atoms with Crippen LogP contribution in [0.15, 0.2) is 30.3 Å². The van der Waals surface area contributed by atoms with Crippen molar-refractivity contribution in [2.75, 3.05) is 27.9 Å². The molecule has 0 bridgehead atoms. The summed E-state index contributed by atoms with van der Waals surface area (Å²) < 4.78 is 21.0. The first-order chi connectivity index (χ1) is 9.17. The molecule has 1 rings (SSSR count). The Morgan fingerprint density at radius 3 is 2.16 bits per heavy atom. The average Bonchev–Trinajstić information content (AvgIpc) is 2.49. The van der Waals surface area contributed by atoms with Crippen LogP contribution in [0.5, 0.6) is 0 Å². The van der Waals surface area contributed by atoms with Crippen LogP contribution in [-0.2, 0) is 18.0 Å². The third kappa shape index (κ3) is 4.75. The van der Waals surface area contributed by atoms with Crippen LogP contribution in [0.2, 0.25) is 6.04 Å². The van der Waals surface area contributed by atoms with E-state index < -0.39 is 8.80 Å². The predicted molar refractivity (Wildman–Crippen MR) is 72.9 cm³/mol. The van der Waals surface area contributed by atoms with Crippen LogP contribution in [-0.4, -0.2) is 42.7 Å². The number of carbonyl (C=O) groups is 1. The van der Waals surface area contributed by atoms with E-state index in [-0.39, 0.29) is 5.97 Å². The van der Waals surface area contributed by atoms with Crippen molar-refractivity contribution in [2.45, 2.75) is 12.5 Å². The number of hydrogen-bond acceptors (Lipinski definition) is 5. The molecular weight excluding hydrogens is 264 g/mol. The predicted octanol–water partition coefficient (Wildman–Crippen LogP) is 2.11. The zero-order valence-electron chi connectivity index (χ0n) is 11.5. The third-order valence-electron chi connectivity index (χ3n) is 2.80. The maximum Gasteiger partial charge on any atom is 0.500 e. The lowest BCUT2D eigenvalue weighted by Gasteiger charge is -2.24. The van der Waals surface area contributed by atoms with Gasteiger partial charge in [-0.15, -0.1) is 0 Å². The lowest BCUT2D eigenvalue weighted by atomic mass is 10.2. The Morgan fingerprint density at radius 2 is 1.63 bits per heavy atom. The first-order valence-corrected chi connectivity index (χ1v) is 7.98. The summed E-state index contributed by atoms with van der Waals surface area (Å²) >= 11 is 0. The Morgan fingerprint density at radius 1 is 1.05 bits per heavy atom. The van der Waals surface area contributed by atoms with E-state index in [0.717, 1.165) is 0 Å². The van der Waals surface area contributed by atoms with Gasteiger partial charge in [0.1, 0.15) is 0 Å². The second kappa shape index (κ2) is 8.06. The van der Waals surface area contributed by atoms with Crippen molar-refractivity contribution >= 4 is 14.8 Å². The molecular formula is C13H20O5Si. The number of hydrogen-bond donors (Lipinski definition) is 0. The summed E-state index contributed by atoms with van der Waals surface area (Å²) in [5.41, 5.74) is 0.552. The molecule has 0 saturated carbocycles. The Kier molecular flexibility index (Phi) is 6.72. The third-order valence-corrected chi connectivity index (χ3v) is 5.63. The van der Waals surface area contributed by atoms with Crippen LogP contribution in [0.25, 0.3) is 0 Å². The van der Waals surface area contributed by atoms with Crippen molar-refractivity contribution in [3.63, 3.8) is 0 Å². The van der Waals surface area contributed by atoms with Crippen LogP contribution in [0, 0.1) is 0 Å². The minimum Gasteiger partial charge on any atom is -0.462 e. The highest BCUT2D eigenvalue weighted by molar-refractivity contribution is 6.60. The molecule has 0 fully saturated rings. The highest BCUT2D eigenvalue weighted by Gasteiger charge is 2.36. The van der Waals surface area contributed by atoms with Crippen molar-refractivity contribution < 1.29 is 22.8 Å². The molecule has 0 aliphatic rings. The van der Waals surface area contributed by atoms with Gasteiger partial charge in [0.25, 0.3) is 0 Å². The molecule has 0 heterocycles. The lowest BCUT2D eigenvalue weighted by Crippen LogP contribution is -2.42. The van der Waals surface area contributed by atoms with E-state index in [1.165, 1.54) is 0 Å². The molecule has 0 radical (unpaired) electrons. The van der Waals surface area contributed by atoms with Crippen LogP contribution in [0.3, 0.4) is 0 Å². The van der Waals surface area contributed by atoms with E-state index in [9.17, 15) is 4.79 Å². The fraction of sp³-hybridized carbons (Fsp3) is 0.462. The van der Waals surface area contributed by atoms with Crippen LogP contribution in [0.4, 0.5) is 0 Å². The van der Waals surface area contributed by atoms with E-state index in [2.05, 4.69) is 0 Å². The van der Waals surface area contributed by atoms with Crippen LogP contribution < -0.4 is 0 Å². The molecule has 0 unspecified atom stereocenters. The van der Waals surface area contributed by atoms with Gasteiger partial charge in [-0.3, -0.25) is 0 Å². The average molecular weight is 284 g/mol. The zero-order valence-corrected chi connectivity index (χ0v) is 12.5. The number of carbonyl (C=O) groups excluding carboxylic acids is 1. The van der Waals surface area contributed by atoms with Crippen molar-refractivity contribution in [2.24, 2.45) is 0 Å². The van der Waals surface area contributed by atoms with E-state index >= 15 is 0 Å². The smallest absolute Gasteiger partial charge is 0.462 e. The molecule has 6 heteroatoms. The maximum absolute atomic E-state index is 11.7. The molecule has 0 spiro atoms. The Labute approximate surface area is 114 Å². The molecule has 0 aliphatic carbocycles. The van der Waals surface area contributed by atoms with E-state index in [1.807, 2.05) is 6.07 Å². The SMILES string of the molecule is CO[Si](CCCOC(=O)c1ccccc1)(OC)OC. The second-order valence-corrected chi connectivity index (χ2v) is 6.99. The minimum atomic E-state index is -2.56. The highest BCUT2D eigenvalue weighted by atomic mass is 28.4. The van der Waals surface area contributed by atoms with Crippen molar-refractivity contribution in [1.82, 2.24) is 0 Å². The molecule has 0 aromatic heterocycles. The zero-order chi connectivity index (χ0) is 14.1. The number of esters is 1. The van der Waals surface area contributed by atoms with Gasteiger partial charge in [-0.2, -0.15) is 0 Å². The molecule has 0 saturated heterocycles. The molecule has 5 nitrogen and oxygen atoms in total. The summed E-state index contributed by atoms with van der Waals surface area (Å²) in [5, 5.41) is 0. The molecule has 0 aliphatic heterocycles. The molecule has 1 aromatic carbocycles. The summed E-state index contributed by atoms with van der Waals surface area (Å²) in [7, 11) is 2.13.